The summed E-state index contributed by atoms with van der Waals surface area (Å²) >= 11 is 0. The van der Waals surface area contributed by atoms with Crippen LogP contribution in [0, 0.1) is 11.3 Å². The van der Waals surface area contributed by atoms with Crippen molar-refractivity contribution in [2.24, 2.45) is 0 Å². The molecule has 3 nitrogen and oxygen atoms in total. The minimum Gasteiger partial charge on any atom is -0.299 e. The van der Waals surface area contributed by atoms with E-state index < -0.39 is 10.8 Å². The molecule has 3 atom stereocenters. The molecule has 0 aromatic carbocycles. The van der Waals surface area contributed by atoms with Crippen molar-refractivity contribution in [2.75, 3.05) is 12.0 Å². The van der Waals surface area contributed by atoms with Crippen molar-refractivity contribution in [3.8, 4) is 6.07 Å². The van der Waals surface area contributed by atoms with E-state index in [0.29, 0.717) is 5.75 Å². The third kappa shape index (κ3) is 6.73. The highest BCUT2D eigenvalue weighted by Crippen LogP contribution is 1.97. The average molecular weight is 202 g/mol. The van der Waals surface area contributed by atoms with Crippen molar-refractivity contribution in [3.63, 3.8) is 0 Å². The Bertz CT molecular complexity index is 200. The number of nitriles is 1. The summed E-state index contributed by atoms with van der Waals surface area (Å²) in [5.41, 5.74) is 0. The molecule has 0 amide bonds. The normalized spacial score (nSPS) is 17.4. The topological polar surface area (TPSA) is 52.9 Å². The molecular weight excluding hydrogens is 184 g/mol. The summed E-state index contributed by atoms with van der Waals surface area (Å²) in [5, 5.41) is 11.9. The van der Waals surface area contributed by atoms with Gasteiger partial charge in [-0.05, 0) is 19.8 Å². The lowest BCUT2D eigenvalue weighted by Crippen LogP contribution is -2.35. The van der Waals surface area contributed by atoms with Crippen molar-refractivity contribution < 1.29 is 4.21 Å². The fourth-order valence-electron chi connectivity index (χ4n) is 1.02. The lowest BCUT2D eigenvalue weighted by Gasteiger charge is -2.16. The van der Waals surface area contributed by atoms with Crippen LogP contribution in [-0.2, 0) is 10.8 Å². The second kappa shape index (κ2) is 7.05. The zero-order chi connectivity index (χ0) is 10.3. The Morgan fingerprint density at radius 3 is 2.62 bits per heavy atom. The number of nitrogens with one attached hydrogen (secondary N) is 1. The smallest absolute Gasteiger partial charge is 0.0952 e. The summed E-state index contributed by atoms with van der Waals surface area (Å²) in [7, 11) is -0.728. The molecule has 1 N–H and O–H groups in total. The van der Waals surface area contributed by atoms with Gasteiger partial charge in [0.2, 0.25) is 0 Å². The summed E-state index contributed by atoms with van der Waals surface area (Å²) in [6, 6.07) is 2.39. The Labute approximate surface area is 83.0 Å². The molecule has 0 aliphatic rings. The van der Waals surface area contributed by atoms with E-state index in [1.165, 1.54) is 0 Å². The highest BCUT2D eigenvalue weighted by molar-refractivity contribution is 7.84. The molecule has 13 heavy (non-hydrogen) atoms. The van der Waals surface area contributed by atoms with E-state index in [2.05, 4.69) is 11.4 Å². The lowest BCUT2D eigenvalue weighted by atomic mass is 10.2. The summed E-state index contributed by atoms with van der Waals surface area (Å²) in [6.45, 7) is 4.00. The zero-order valence-electron chi connectivity index (χ0n) is 8.54. The van der Waals surface area contributed by atoms with Crippen LogP contribution in [0.5, 0.6) is 0 Å². The Morgan fingerprint density at radius 2 is 2.23 bits per heavy atom. The SMILES string of the molecule is CCC(C#N)NC(C)CCS(C)=O. The van der Waals surface area contributed by atoms with Crippen molar-refractivity contribution in [1.82, 2.24) is 5.32 Å². The van der Waals surface area contributed by atoms with Crippen LogP contribution in [0.4, 0.5) is 0 Å². The lowest BCUT2D eigenvalue weighted by molar-refractivity contribution is 0.483. The minimum atomic E-state index is -0.728. The van der Waals surface area contributed by atoms with E-state index in [1.807, 2.05) is 13.8 Å². The van der Waals surface area contributed by atoms with Gasteiger partial charge in [0, 0.05) is 28.9 Å². The van der Waals surface area contributed by atoms with Gasteiger partial charge in [-0.2, -0.15) is 5.26 Å². The molecule has 0 heterocycles. The average Bonchev–Trinajstić information content (AvgIpc) is 2.10. The molecule has 0 spiro atoms. The van der Waals surface area contributed by atoms with E-state index in [9.17, 15) is 4.21 Å². The van der Waals surface area contributed by atoms with Crippen LogP contribution in [0.3, 0.4) is 0 Å². The second-order valence-electron chi connectivity index (χ2n) is 3.22. The fraction of sp³-hybridized carbons (Fsp3) is 0.889. The molecule has 0 bridgehead atoms. The van der Waals surface area contributed by atoms with Crippen LogP contribution in [0.1, 0.15) is 26.7 Å². The second-order valence-corrected chi connectivity index (χ2v) is 4.78. The molecule has 0 saturated heterocycles. The predicted octanol–water partition coefficient (Wildman–Crippen LogP) is 1.04. The molecule has 0 aliphatic heterocycles. The summed E-state index contributed by atoms with van der Waals surface area (Å²) < 4.78 is 10.8. The molecule has 3 unspecified atom stereocenters. The van der Waals surface area contributed by atoms with Crippen LogP contribution >= 0.6 is 0 Å². The number of nitrogens with zero attached hydrogens (tertiary/aromatic N) is 1. The first-order valence-electron chi connectivity index (χ1n) is 4.55. The van der Waals surface area contributed by atoms with Crippen molar-refractivity contribution in [2.45, 2.75) is 38.8 Å². The van der Waals surface area contributed by atoms with Gasteiger partial charge in [-0.1, -0.05) is 6.92 Å². The van der Waals surface area contributed by atoms with Crippen LogP contribution in [-0.4, -0.2) is 28.3 Å². The van der Waals surface area contributed by atoms with Gasteiger partial charge in [0.05, 0.1) is 12.1 Å². The molecule has 0 fully saturated rings. The number of rotatable bonds is 6. The van der Waals surface area contributed by atoms with Gasteiger partial charge in [0.25, 0.3) is 0 Å². The van der Waals surface area contributed by atoms with Crippen LogP contribution in [0.2, 0.25) is 0 Å². The van der Waals surface area contributed by atoms with Gasteiger partial charge in [-0.25, -0.2) is 0 Å². The van der Waals surface area contributed by atoms with Gasteiger partial charge < -0.3 is 0 Å². The van der Waals surface area contributed by atoms with E-state index in [0.717, 1.165) is 12.8 Å². The predicted molar refractivity (Wildman–Crippen MR) is 55.8 cm³/mol. The van der Waals surface area contributed by atoms with Gasteiger partial charge in [-0.3, -0.25) is 9.53 Å². The Morgan fingerprint density at radius 1 is 1.62 bits per heavy atom. The molecule has 0 rings (SSSR count). The number of hydrogen-bond donors (Lipinski definition) is 1. The van der Waals surface area contributed by atoms with Crippen LogP contribution in [0.15, 0.2) is 0 Å². The largest absolute Gasteiger partial charge is 0.299 e. The molecule has 0 saturated carbocycles. The molecule has 4 heteroatoms. The molecule has 0 aromatic rings. The molecule has 76 valence electrons. The molecule has 0 aliphatic carbocycles. The van der Waals surface area contributed by atoms with E-state index in [1.54, 1.807) is 6.26 Å². The maximum absolute atomic E-state index is 10.8. The summed E-state index contributed by atoms with van der Waals surface area (Å²) in [5.74, 6) is 0.704. The minimum absolute atomic E-state index is 0.0692. The first kappa shape index (κ1) is 12.6. The first-order valence-corrected chi connectivity index (χ1v) is 6.28. The zero-order valence-corrected chi connectivity index (χ0v) is 9.36. The van der Waals surface area contributed by atoms with E-state index >= 15 is 0 Å². The monoisotopic (exact) mass is 202 g/mol. The Balaban J connectivity index is 3.67. The summed E-state index contributed by atoms with van der Waals surface area (Å²) in [6.07, 6.45) is 3.38. The first-order chi connectivity index (χ1) is 6.10. The third-order valence-electron chi connectivity index (χ3n) is 1.89. The van der Waals surface area contributed by atoms with Gasteiger partial charge in [0.15, 0.2) is 0 Å². The third-order valence-corrected chi connectivity index (χ3v) is 2.70. The quantitative estimate of drug-likeness (QED) is 0.700. The van der Waals surface area contributed by atoms with Crippen molar-refractivity contribution in [1.29, 1.82) is 5.26 Å². The highest BCUT2D eigenvalue weighted by atomic mass is 32.2. The maximum atomic E-state index is 10.8. The van der Waals surface area contributed by atoms with E-state index in [4.69, 9.17) is 5.26 Å². The standard InChI is InChI=1S/C9H18N2OS/c1-4-9(7-10)11-8(2)5-6-13(3)12/h8-9,11H,4-6H2,1-3H3. The van der Waals surface area contributed by atoms with Gasteiger partial charge >= 0.3 is 0 Å². The van der Waals surface area contributed by atoms with Crippen LogP contribution < -0.4 is 5.32 Å². The molecule has 0 radical (unpaired) electrons. The summed E-state index contributed by atoms with van der Waals surface area (Å²) in [4.78, 5) is 0. The van der Waals surface area contributed by atoms with Gasteiger partial charge in [-0.15, -0.1) is 0 Å². The fourth-order valence-corrected chi connectivity index (χ4v) is 1.70. The Hall–Kier alpha value is -0.400. The number of hydrogen-bond acceptors (Lipinski definition) is 3. The maximum Gasteiger partial charge on any atom is 0.0952 e. The van der Waals surface area contributed by atoms with Crippen molar-refractivity contribution >= 4 is 10.8 Å². The van der Waals surface area contributed by atoms with Gasteiger partial charge in [0.1, 0.15) is 0 Å². The molecular formula is C9H18N2OS. The van der Waals surface area contributed by atoms with Crippen LogP contribution in [0.25, 0.3) is 0 Å². The van der Waals surface area contributed by atoms with E-state index in [-0.39, 0.29) is 12.1 Å². The highest BCUT2D eigenvalue weighted by Gasteiger charge is 2.08. The Kier molecular flexibility index (Phi) is 6.83. The molecule has 0 aromatic heterocycles. The van der Waals surface area contributed by atoms with Crippen molar-refractivity contribution in [3.05, 3.63) is 0 Å².